The Bertz CT molecular complexity index is 694. The highest BCUT2D eigenvalue weighted by molar-refractivity contribution is 7.80. The van der Waals surface area contributed by atoms with E-state index in [1.807, 2.05) is 12.1 Å². The van der Waals surface area contributed by atoms with Crippen LogP contribution in [0.3, 0.4) is 0 Å². The molecule has 0 heterocycles. The third-order valence-electron chi connectivity index (χ3n) is 3.59. The van der Waals surface area contributed by atoms with E-state index in [-0.39, 0.29) is 31.2 Å². The molecule has 0 saturated heterocycles. The van der Waals surface area contributed by atoms with Gasteiger partial charge in [0, 0.05) is 13.5 Å². The molecule has 0 aliphatic heterocycles. The highest BCUT2D eigenvalue weighted by atomic mass is 32.1. The summed E-state index contributed by atoms with van der Waals surface area (Å²) in [5, 5.41) is 2.24. The molecule has 0 aliphatic rings. The summed E-state index contributed by atoms with van der Waals surface area (Å²) in [6, 6.07) is 7.46. The molecular formula is C19H27N3O6S. The molecule has 1 aromatic rings. The van der Waals surface area contributed by atoms with Crippen LogP contribution in [0.5, 0.6) is 5.75 Å². The van der Waals surface area contributed by atoms with E-state index in [9.17, 15) is 14.4 Å². The minimum absolute atomic E-state index is 0.0893. The Morgan fingerprint density at radius 2 is 1.69 bits per heavy atom. The smallest absolute Gasteiger partial charge is 0.306 e. The van der Waals surface area contributed by atoms with Gasteiger partial charge in [0.25, 0.3) is 5.91 Å². The first-order valence-corrected chi connectivity index (χ1v) is 9.48. The number of hydrogen-bond donors (Lipinski definition) is 3. The van der Waals surface area contributed by atoms with Crippen LogP contribution in [-0.4, -0.2) is 49.8 Å². The molecule has 2 amide bonds. The highest BCUT2D eigenvalue weighted by Gasteiger charge is 2.10. The normalized spacial score (nSPS) is 10.2. The summed E-state index contributed by atoms with van der Waals surface area (Å²) >= 11 is 4.90. The van der Waals surface area contributed by atoms with Crippen LogP contribution in [-0.2, 0) is 23.9 Å². The van der Waals surface area contributed by atoms with Gasteiger partial charge in [-0.25, -0.2) is 0 Å². The molecule has 0 atom stereocenters. The zero-order valence-electron chi connectivity index (χ0n) is 16.8. The fraction of sp³-hybridized carbons (Fsp3) is 0.474. The number of methoxy groups -OCH3 is 1. The predicted octanol–water partition coefficient (Wildman–Crippen LogP) is 1.18. The lowest BCUT2D eigenvalue weighted by Crippen LogP contribution is -2.49. The Kier molecular flexibility index (Phi) is 11.3. The number of benzene rings is 1. The van der Waals surface area contributed by atoms with Crippen molar-refractivity contribution in [3.05, 3.63) is 29.8 Å². The van der Waals surface area contributed by atoms with Crippen LogP contribution in [0.25, 0.3) is 0 Å². The van der Waals surface area contributed by atoms with Gasteiger partial charge in [0.15, 0.2) is 11.7 Å². The molecule has 10 heteroatoms. The molecule has 160 valence electrons. The van der Waals surface area contributed by atoms with Crippen molar-refractivity contribution in [2.24, 2.45) is 0 Å². The van der Waals surface area contributed by atoms with Crippen LogP contribution in [0.2, 0.25) is 0 Å². The molecule has 0 aliphatic carbocycles. The van der Waals surface area contributed by atoms with Gasteiger partial charge < -0.3 is 19.5 Å². The van der Waals surface area contributed by atoms with Gasteiger partial charge in [0.05, 0.1) is 13.0 Å². The predicted molar refractivity (Wildman–Crippen MR) is 110 cm³/mol. The second-order valence-electron chi connectivity index (χ2n) is 6.28. The van der Waals surface area contributed by atoms with Crippen molar-refractivity contribution in [1.82, 2.24) is 16.2 Å². The summed E-state index contributed by atoms with van der Waals surface area (Å²) in [7, 11) is 1.49. The first-order valence-electron chi connectivity index (χ1n) is 9.07. The molecule has 0 aromatic heterocycles. The molecule has 0 spiro atoms. The van der Waals surface area contributed by atoms with Gasteiger partial charge in [-0.15, -0.1) is 0 Å². The molecule has 0 saturated carbocycles. The number of nitrogens with one attached hydrogen (secondary N) is 3. The standard InChI is InChI=1S/C19H27N3O6S/c1-13(2)14-4-6-15(7-5-14)28-12-17(24)21-22-19(29)20-16(23)8-9-18(25)27-11-10-26-3/h4-7,13H,8-12H2,1-3H3,(H,21,24)(H2,20,22,23,29). The van der Waals surface area contributed by atoms with E-state index in [1.165, 1.54) is 12.7 Å². The molecular weight excluding hydrogens is 398 g/mol. The number of carbonyl (C=O) groups is 3. The number of amides is 2. The maximum atomic E-state index is 11.8. The SMILES string of the molecule is COCCOC(=O)CCC(=O)NC(=S)NNC(=O)COc1ccc(C(C)C)cc1. The number of carbonyl (C=O) groups excluding carboxylic acids is 3. The summed E-state index contributed by atoms with van der Waals surface area (Å²) in [5.41, 5.74) is 5.88. The van der Waals surface area contributed by atoms with Crippen molar-refractivity contribution in [1.29, 1.82) is 0 Å². The molecule has 29 heavy (non-hydrogen) atoms. The molecule has 0 bridgehead atoms. The Morgan fingerprint density at radius 3 is 2.31 bits per heavy atom. The largest absolute Gasteiger partial charge is 0.484 e. The Hall–Kier alpha value is -2.72. The van der Waals surface area contributed by atoms with E-state index in [2.05, 4.69) is 30.0 Å². The fourth-order valence-electron chi connectivity index (χ4n) is 2.01. The first kappa shape index (κ1) is 24.3. The molecule has 3 N–H and O–H groups in total. The van der Waals surface area contributed by atoms with Crippen LogP contribution in [0.4, 0.5) is 0 Å². The van der Waals surface area contributed by atoms with E-state index < -0.39 is 17.8 Å². The topological polar surface area (TPSA) is 115 Å². The molecule has 1 aromatic carbocycles. The van der Waals surface area contributed by atoms with E-state index in [0.29, 0.717) is 18.3 Å². The molecule has 0 unspecified atom stereocenters. The van der Waals surface area contributed by atoms with Crippen LogP contribution >= 0.6 is 12.2 Å². The average molecular weight is 426 g/mol. The molecule has 0 fully saturated rings. The van der Waals surface area contributed by atoms with E-state index in [4.69, 9.17) is 26.4 Å². The van der Waals surface area contributed by atoms with Crippen molar-refractivity contribution in [3.8, 4) is 5.75 Å². The van der Waals surface area contributed by atoms with Gasteiger partial charge in [-0.3, -0.25) is 25.2 Å². The van der Waals surface area contributed by atoms with Gasteiger partial charge >= 0.3 is 5.97 Å². The minimum atomic E-state index is -0.511. The van der Waals surface area contributed by atoms with Crippen LogP contribution < -0.4 is 20.9 Å². The van der Waals surface area contributed by atoms with Gasteiger partial charge in [-0.2, -0.15) is 0 Å². The van der Waals surface area contributed by atoms with Crippen molar-refractivity contribution in [3.63, 3.8) is 0 Å². The van der Waals surface area contributed by atoms with Gasteiger partial charge in [0.1, 0.15) is 12.4 Å². The second-order valence-corrected chi connectivity index (χ2v) is 6.68. The monoisotopic (exact) mass is 425 g/mol. The van der Waals surface area contributed by atoms with Gasteiger partial charge in [-0.05, 0) is 35.8 Å². The van der Waals surface area contributed by atoms with Gasteiger partial charge in [0.2, 0.25) is 5.91 Å². The maximum Gasteiger partial charge on any atom is 0.306 e. The Balaban J connectivity index is 2.20. The third-order valence-corrected chi connectivity index (χ3v) is 3.80. The van der Waals surface area contributed by atoms with Crippen molar-refractivity contribution in [2.45, 2.75) is 32.6 Å². The summed E-state index contributed by atoms with van der Waals surface area (Å²) < 4.78 is 15.0. The highest BCUT2D eigenvalue weighted by Crippen LogP contribution is 2.18. The van der Waals surface area contributed by atoms with Crippen molar-refractivity contribution >= 4 is 35.1 Å². The lowest BCUT2D eigenvalue weighted by atomic mass is 10.0. The third kappa shape index (κ3) is 11.0. The van der Waals surface area contributed by atoms with Crippen LogP contribution in [0.1, 0.15) is 38.2 Å². The lowest BCUT2D eigenvalue weighted by Gasteiger charge is -2.12. The number of hydrazine groups is 1. The van der Waals surface area contributed by atoms with E-state index in [1.54, 1.807) is 12.1 Å². The van der Waals surface area contributed by atoms with E-state index >= 15 is 0 Å². The average Bonchev–Trinajstić information content (AvgIpc) is 2.69. The molecule has 9 nitrogen and oxygen atoms in total. The zero-order chi connectivity index (χ0) is 21.6. The van der Waals surface area contributed by atoms with Gasteiger partial charge in [-0.1, -0.05) is 26.0 Å². The van der Waals surface area contributed by atoms with Crippen molar-refractivity contribution < 1.29 is 28.6 Å². The second kappa shape index (κ2) is 13.5. The van der Waals surface area contributed by atoms with Crippen LogP contribution in [0, 0.1) is 0 Å². The number of rotatable bonds is 10. The quantitative estimate of drug-likeness (QED) is 0.222. The Labute approximate surface area is 175 Å². The molecule has 0 radical (unpaired) electrons. The summed E-state index contributed by atoms with van der Waals surface area (Å²) in [5.74, 6) is -0.493. The lowest BCUT2D eigenvalue weighted by molar-refractivity contribution is -0.146. The van der Waals surface area contributed by atoms with Crippen LogP contribution in [0.15, 0.2) is 24.3 Å². The summed E-state index contributed by atoms with van der Waals surface area (Å²) in [6.07, 6.45) is -0.189. The summed E-state index contributed by atoms with van der Waals surface area (Å²) in [6.45, 7) is 4.38. The maximum absolute atomic E-state index is 11.8. The molecule has 1 rings (SSSR count). The van der Waals surface area contributed by atoms with E-state index in [0.717, 1.165) is 0 Å². The fourth-order valence-corrected chi connectivity index (χ4v) is 2.17. The first-order chi connectivity index (χ1) is 13.8. The number of hydrogen-bond acceptors (Lipinski definition) is 7. The number of thiocarbonyl (C=S) groups is 1. The zero-order valence-corrected chi connectivity index (χ0v) is 17.6. The summed E-state index contributed by atoms with van der Waals surface area (Å²) in [4.78, 5) is 34.9. The Morgan fingerprint density at radius 1 is 1.00 bits per heavy atom. The number of ether oxygens (including phenoxy) is 3. The van der Waals surface area contributed by atoms with Crippen molar-refractivity contribution in [2.75, 3.05) is 26.9 Å². The number of esters is 1. The minimum Gasteiger partial charge on any atom is -0.484 e.